The van der Waals surface area contributed by atoms with E-state index in [1.165, 1.54) is 20.3 Å². The molecule has 23 heavy (non-hydrogen) atoms. The quantitative estimate of drug-likeness (QED) is 0.687. The standard InChI is InChI=1S/C15H21NO6S/c1-11-5-6-12(2)13(9-11)23(19,20)16(10-15(18)22-4)8-7-14(17)21-3/h5-6,9H,7-8,10H2,1-4H3. The molecule has 7 nitrogen and oxygen atoms in total. The Hall–Kier alpha value is -1.93. The molecule has 1 aromatic carbocycles. The van der Waals surface area contributed by atoms with Gasteiger partial charge < -0.3 is 9.47 Å². The van der Waals surface area contributed by atoms with Gasteiger partial charge in [0.1, 0.15) is 6.54 Å². The molecule has 0 aliphatic carbocycles. The van der Waals surface area contributed by atoms with E-state index in [4.69, 9.17) is 0 Å². The van der Waals surface area contributed by atoms with Gasteiger partial charge in [-0.1, -0.05) is 12.1 Å². The summed E-state index contributed by atoms with van der Waals surface area (Å²) in [7, 11) is -1.55. The lowest BCUT2D eigenvalue weighted by Crippen LogP contribution is -2.38. The molecule has 0 bridgehead atoms. The number of hydrogen-bond donors (Lipinski definition) is 0. The Labute approximate surface area is 136 Å². The predicted octanol–water partition coefficient (Wildman–Crippen LogP) is 1.03. The highest BCUT2D eigenvalue weighted by Crippen LogP contribution is 2.21. The zero-order valence-corrected chi connectivity index (χ0v) is 14.5. The Kier molecular flexibility index (Phi) is 6.71. The van der Waals surface area contributed by atoms with Gasteiger partial charge in [0.05, 0.1) is 25.5 Å². The maximum absolute atomic E-state index is 12.8. The van der Waals surface area contributed by atoms with E-state index in [1.807, 2.05) is 0 Å². The van der Waals surface area contributed by atoms with Crippen LogP contribution >= 0.6 is 0 Å². The molecule has 0 heterocycles. The fourth-order valence-electron chi connectivity index (χ4n) is 1.94. The molecule has 1 rings (SSSR count). The van der Waals surface area contributed by atoms with Crippen LogP contribution < -0.4 is 0 Å². The first-order valence-corrected chi connectivity index (χ1v) is 8.37. The summed E-state index contributed by atoms with van der Waals surface area (Å²) in [5.74, 6) is -1.26. The molecular weight excluding hydrogens is 322 g/mol. The van der Waals surface area contributed by atoms with Crippen molar-refractivity contribution in [3.8, 4) is 0 Å². The number of carbonyl (C=O) groups is 2. The largest absolute Gasteiger partial charge is 0.469 e. The van der Waals surface area contributed by atoms with Gasteiger partial charge in [0.25, 0.3) is 0 Å². The van der Waals surface area contributed by atoms with Crippen molar-refractivity contribution in [2.45, 2.75) is 25.2 Å². The van der Waals surface area contributed by atoms with Crippen molar-refractivity contribution in [2.75, 3.05) is 27.3 Å². The van der Waals surface area contributed by atoms with Crippen molar-refractivity contribution in [3.05, 3.63) is 29.3 Å². The first-order chi connectivity index (χ1) is 10.7. The van der Waals surface area contributed by atoms with Crippen LogP contribution in [-0.4, -0.2) is 52.0 Å². The Morgan fingerprint density at radius 3 is 2.26 bits per heavy atom. The van der Waals surface area contributed by atoms with Crippen molar-refractivity contribution in [1.82, 2.24) is 4.31 Å². The number of nitrogens with zero attached hydrogens (tertiary/aromatic N) is 1. The zero-order chi connectivity index (χ0) is 17.6. The number of sulfonamides is 1. The number of aryl methyl sites for hydroxylation is 2. The molecule has 0 amide bonds. The van der Waals surface area contributed by atoms with Gasteiger partial charge in [-0.05, 0) is 31.0 Å². The van der Waals surface area contributed by atoms with Crippen LogP contribution in [0.25, 0.3) is 0 Å². The molecule has 0 aliphatic rings. The van der Waals surface area contributed by atoms with Gasteiger partial charge in [-0.15, -0.1) is 0 Å². The summed E-state index contributed by atoms with van der Waals surface area (Å²) < 4.78 is 35.6. The minimum absolute atomic E-state index is 0.103. The van der Waals surface area contributed by atoms with E-state index in [1.54, 1.807) is 26.0 Å². The first-order valence-electron chi connectivity index (χ1n) is 6.93. The Morgan fingerprint density at radius 2 is 1.70 bits per heavy atom. The molecule has 0 atom stereocenters. The van der Waals surface area contributed by atoms with Crippen LogP contribution in [0.1, 0.15) is 17.5 Å². The van der Waals surface area contributed by atoms with E-state index >= 15 is 0 Å². The van der Waals surface area contributed by atoms with Gasteiger partial charge in [-0.2, -0.15) is 4.31 Å². The maximum atomic E-state index is 12.8. The normalized spacial score (nSPS) is 11.3. The average molecular weight is 343 g/mol. The number of ether oxygens (including phenoxy) is 2. The van der Waals surface area contributed by atoms with Crippen LogP contribution in [0, 0.1) is 13.8 Å². The number of esters is 2. The highest BCUT2D eigenvalue weighted by molar-refractivity contribution is 7.89. The Morgan fingerprint density at radius 1 is 1.09 bits per heavy atom. The molecule has 128 valence electrons. The van der Waals surface area contributed by atoms with Gasteiger partial charge in [0.15, 0.2) is 0 Å². The average Bonchev–Trinajstić information content (AvgIpc) is 2.52. The minimum Gasteiger partial charge on any atom is -0.469 e. The first kappa shape index (κ1) is 19.1. The highest BCUT2D eigenvalue weighted by Gasteiger charge is 2.29. The van der Waals surface area contributed by atoms with Crippen LogP contribution in [0.3, 0.4) is 0 Å². The van der Waals surface area contributed by atoms with Gasteiger partial charge in [0.2, 0.25) is 10.0 Å². The number of hydrogen-bond acceptors (Lipinski definition) is 6. The third-order valence-corrected chi connectivity index (χ3v) is 5.27. The predicted molar refractivity (Wildman–Crippen MR) is 83.3 cm³/mol. The van der Waals surface area contributed by atoms with E-state index in [-0.39, 0.29) is 17.9 Å². The van der Waals surface area contributed by atoms with Crippen LogP contribution in [-0.2, 0) is 29.1 Å². The van der Waals surface area contributed by atoms with E-state index < -0.39 is 28.5 Å². The topological polar surface area (TPSA) is 90.0 Å². The van der Waals surface area contributed by atoms with Crippen molar-refractivity contribution >= 4 is 22.0 Å². The summed E-state index contributed by atoms with van der Waals surface area (Å²) in [5.41, 5.74) is 1.34. The summed E-state index contributed by atoms with van der Waals surface area (Å²) in [6, 6.07) is 5.03. The smallest absolute Gasteiger partial charge is 0.321 e. The molecule has 0 saturated carbocycles. The molecule has 0 aliphatic heterocycles. The molecular formula is C15H21NO6S. The Balaban J connectivity index is 3.18. The summed E-state index contributed by atoms with van der Waals surface area (Å²) in [4.78, 5) is 22.9. The van der Waals surface area contributed by atoms with Gasteiger partial charge in [-0.3, -0.25) is 9.59 Å². The highest BCUT2D eigenvalue weighted by atomic mass is 32.2. The number of carbonyl (C=O) groups excluding carboxylic acids is 2. The lowest BCUT2D eigenvalue weighted by atomic mass is 10.2. The summed E-state index contributed by atoms with van der Waals surface area (Å²) >= 11 is 0. The summed E-state index contributed by atoms with van der Waals surface area (Å²) in [5, 5.41) is 0. The number of benzene rings is 1. The van der Waals surface area contributed by atoms with E-state index in [9.17, 15) is 18.0 Å². The summed E-state index contributed by atoms with van der Waals surface area (Å²) in [6.07, 6.45) is -0.155. The zero-order valence-electron chi connectivity index (χ0n) is 13.7. The molecule has 1 aromatic rings. The van der Waals surface area contributed by atoms with Crippen molar-refractivity contribution in [1.29, 1.82) is 0 Å². The molecule has 8 heteroatoms. The van der Waals surface area contributed by atoms with Crippen molar-refractivity contribution < 1.29 is 27.5 Å². The molecule has 0 fully saturated rings. The van der Waals surface area contributed by atoms with Crippen LogP contribution in [0.15, 0.2) is 23.1 Å². The van der Waals surface area contributed by atoms with Crippen LogP contribution in [0.2, 0.25) is 0 Å². The molecule has 0 radical (unpaired) electrons. The van der Waals surface area contributed by atoms with Crippen LogP contribution in [0.5, 0.6) is 0 Å². The molecule has 0 aromatic heterocycles. The summed E-state index contributed by atoms with van der Waals surface area (Å²) in [6.45, 7) is 2.81. The minimum atomic E-state index is -3.94. The van der Waals surface area contributed by atoms with Crippen molar-refractivity contribution in [2.24, 2.45) is 0 Å². The lowest BCUT2D eigenvalue weighted by molar-refractivity contribution is -0.143. The van der Waals surface area contributed by atoms with Gasteiger partial charge in [0, 0.05) is 6.54 Å². The molecule has 0 saturated heterocycles. The Bertz CT molecular complexity index is 683. The third-order valence-electron chi connectivity index (χ3n) is 3.29. The number of methoxy groups -OCH3 is 2. The fraction of sp³-hybridized carbons (Fsp3) is 0.467. The number of rotatable bonds is 7. The molecule has 0 spiro atoms. The maximum Gasteiger partial charge on any atom is 0.321 e. The van der Waals surface area contributed by atoms with Gasteiger partial charge in [-0.25, -0.2) is 8.42 Å². The SMILES string of the molecule is COC(=O)CCN(CC(=O)OC)S(=O)(=O)c1cc(C)ccc1C. The molecule has 0 unspecified atom stereocenters. The fourth-order valence-corrected chi connectivity index (χ4v) is 3.63. The van der Waals surface area contributed by atoms with Crippen LogP contribution in [0.4, 0.5) is 0 Å². The lowest BCUT2D eigenvalue weighted by Gasteiger charge is -2.21. The van der Waals surface area contributed by atoms with E-state index in [0.717, 1.165) is 9.87 Å². The van der Waals surface area contributed by atoms with E-state index in [2.05, 4.69) is 9.47 Å². The van der Waals surface area contributed by atoms with E-state index in [0.29, 0.717) is 5.56 Å². The second kappa shape index (κ2) is 8.07. The second-order valence-corrected chi connectivity index (χ2v) is 6.92. The van der Waals surface area contributed by atoms with Crippen molar-refractivity contribution in [3.63, 3.8) is 0 Å². The molecule has 0 N–H and O–H groups in total. The third kappa shape index (κ3) is 5.04. The van der Waals surface area contributed by atoms with Gasteiger partial charge >= 0.3 is 11.9 Å². The monoisotopic (exact) mass is 343 g/mol. The second-order valence-electron chi connectivity index (χ2n) is 5.01.